The summed E-state index contributed by atoms with van der Waals surface area (Å²) >= 11 is 0. The standard InChI is InChI=1S/C16H21NO/c1-11-5-7-15(9-12(11)2)14(4)17-10-16-8-6-13(3)18-16/h5-9,14,17H,10H2,1-4H3. The van der Waals surface area contributed by atoms with Gasteiger partial charge >= 0.3 is 0 Å². The van der Waals surface area contributed by atoms with Gasteiger partial charge in [0.15, 0.2) is 0 Å². The van der Waals surface area contributed by atoms with Gasteiger partial charge in [-0.15, -0.1) is 0 Å². The molecule has 0 radical (unpaired) electrons. The first-order valence-electron chi connectivity index (χ1n) is 6.42. The zero-order chi connectivity index (χ0) is 13.1. The van der Waals surface area contributed by atoms with Crippen molar-refractivity contribution >= 4 is 0 Å². The molecule has 0 aliphatic rings. The minimum Gasteiger partial charge on any atom is -0.465 e. The Hall–Kier alpha value is -1.54. The third-order valence-corrected chi connectivity index (χ3v) is 3.41. The van der Waals surface area contributed by atoms with E-state index < -0.39 is 0 Å². The molecule has 0 saturated heterocycles. The molecule has 0 aliphatic carbocycles. The average Bonchev–Trinajstić information content (AvgIpc) is 2.75. The van der Waals surface area contributed by atoms with Crippen molar-refractivity contribution in [3.63, 3.8) is 0 Å². The lowest BCUT2D eigenvalue weighted by molar-refractivity contribution is 0.444. The van der Waals surface area contributed by atoms with E-state index in [0.717, 1.165) is 18.1 Å². The SMILES string of the molecule is Cc1ccc(CNC(C)c2ccc(C)c(C)c2)o1. The summed E-state index contributed by atoms with van der Waals surface area (Å²) in [7, 11) is 0. The van der Waals surface area contributed by atoms with E-state index in [1.165, 1.54) is 16.7 Å². The van der Waals surface area contributed by atoms with Crippen LogP contribution in [0.4, 0.5) is 0 Å². The Morgan fingerprint density at radius 1 is 1.06 bits per heavy atom. The van der Waals surface area contributed by atoms with E-state index in [1.54, 1.807) is 0 Å². The minimum atomic E-state index is 0.328. The van der Waals surface area contributed by atoms with Crippen molar-refractivity contribution in [2.45, 2.75) is 40.3 Å². The van der Waals surface area contributed by atoms with E-state index in [4.69, 9.17) is 4.42 Å². The molecule has 0 aliphatic heterocycles. The van der Waals surface area contributed by atoms with Crippen molar-refractivity contribution in [2.24, 2.45) is 0 Å². The van der Waals surface area contributed by atoms with Gasteiger partial charge in [0.2, 0.25) is 0 Å². The van der Waals surface area contributed by atoms with Gasteiger partial charge in [-0.05, 0) is 56.5 Å². The topological polar surface area (TPSA) is 25.2 Å². The Labute approximate surface area is 109 Å². The van der Waals surface area contributed by atoms with Gasteiger partial charge in [0, 0.05) is 6.04 Å². The highest BCUT2D eigenvalue weighted by molar-refractivity contribution is 5.31. The van der Waals surface area contributed by atoms with Crippen LogP contribution in [0.1, 0.15) is 41.2 Å². The fourth-order valence-electron chi connectivity index (χ4n) is 1.99. The van der Waals surface area contributed by atoms with Crippen LogP contribution in [-0.2, 0) is 6.54 Å². The lowest BCUT2D eigenvalue weighted by Crippen LogP contribution is -2.17. The predicted molar refractivity (Wildman–Crippen MR) is 74.6 cm³/mol. The summed E-state index contributed by atoms with van der Waals surface area (Å²) in [4.78, 5) is 0. The summed E-state index contributed by atoms with van der Waals surface area (Å²) in [6.45, 7) is 9.21. The lowest BCUT2D eigenvalue weighted by atomic mass is 10.0. The normalized spacial score (nSPS) is 12.7. The second kappa shape index (κ2) is 5.40. The Balaban J connectivity index is 1.99. The van der Waals surface area contributed by atoms with Crippen LogP contribution in [0, 0.1) is 20.8 Å². The van der Waals surface area contributed by atoms with Crippen LogP contribution >= 0.6 is 0 Å². The van der Waals surface area contributed by atoms with Gasteiger partial charge in [-0.3, -0.25) is 0 Å². The molecule has 96 valence electrons. The summed E-state index contributed by atoms with van der Waals surface area (Å²) in [5.74, 6) is 1.95. The van der Waals surface area contributed by atoms with Crippen LogP contribution in [0.3, 0.4) is 0 Å². The molecule has 0 spiro atoms. The van der Waals surface area contributed by atoms with Crippen LogP contribution in [0.2, 0.25) is 0 Å². The van der Waals surface area contributed by atoms with Gasteiger partial charge in [0.05, 0.1) is 6.54 Å². The highest BCUT2D eigenvalue weighted by atomic mass is 16.3. The highest BCUT2D eigenvalue weighted by Gasteiger charge is 2.07. The second-order valence-corrected chi connectivity index (χ2v) is 4.96. The van der Waals surface area contributed by atoms with Gasteiger partial charge in [-0.2, -0.15) is 0 Å². The summed E-state index contributed by atoms with van der Waals surface area (Å²) in [5.41, 5.74) is 4.00. The number of furan rings is 1. The zero-order valence-electron chi connectivity index (χ0n) is 11.6. The fraction of sp³-hybridized carbons (Fsp3) is 0.375. The highest BCUT2D eigenvalue weighted by Crippen LogP contribution is 2.17. The molecule has 0 fully saturated rings. The Bertz CT molecular complexity index is 528. The average molecular weight is 243 g/mol. The number of benzene rings is 1. The summed E-state index contributed by atoms with van der Waals surface area (Å²) in [5, 5.41) is 3.48. The summed E-state index contributed by atoms with van der Waals surface area (Å²) in [6, 6.07) is 11.0. The van der Waals surface area contributed by atoms with Crippen molar-refractivity contribution in [3.05, 3.63) is 58.5 Å². The molecule has 1 heterocycles. The molecule has 2 aromatic rings. The Kier molecular flexibility index (Phi) is 3.87. The third kappa shape index (κ3) is 3.02. The van der Waals surface area contributed by atoms with Crippen LogP contribution in [0.15, 0.2) is 34.7 Å². The van der Waals surface area contributed by atoms with E-state index in [0.29, 0.717) is 6.04 Å². The molecule has 2 rings (SSSR count). The van der Waals surface area contributed by atoms with Gasteiger partial charge in [-0.25, -0.2) is 0 Å². The number of hydrogen-bond acceptors (Lipinski definition) is 2. The van der Waals surface area contributed by atoms with E-state index in [-0.39, 0.29) is 0 Å². The quantitative estimate of drug-likeness (QED) is 0.876. The maximum atomic E-state index is 5.55. The number of rotatable bonds is 4. The first kappa shape index (κ1) is 12.9. The van der Waals surface area contributed by atoms with Gasteiger partial charge in [0.25, 0.3) is 0 Å². The van der Waals surface area contributed by atoms with Gasteiger partial charge in [-0.1, -0.05) is 18.2 Å². The molecular formula is C16H21NO. The van der Waals surface area contributed by atoms with Crippen LogP contribution in [0.25, 0.3) is 0 Å². The molecule has 0 amide bonds. The third-order valence-electron chi connectivity index (χ3n) is 3.41. The molecule has 1 aromatic carbocycles. The van der Waals surface area contributed by atoms with Gasteiger partial charge < -0.3 is 9.73 Å². The minimum absolute atomic E-state index is 0.328. The summed E-state index contributed by atoms with van der Waals surface area (Å²) < 4.78 is 5.55. The maximum Gasteiger partial charge on any atom is 0.117 e. The fourth-order valence-corrected chi connectivity index (χ4v) is 1.99. The number of aryl methyl sites for hydroxylation is 3. The Morgan fingerprint density at radius 3 is 2.44 bits per heavy atom. The molecule has 2 nitrogen and oxygen atoms in total. The van der Waals surface area contributed by atoms with Crippen molar-refractivity contribution in [1.82, 2.24) is 5.32 Å². The van der Waals surface area contributed by atoms with Gasteiger partial charge in [0.1, 0.15) is 11.5 Å². The molecule has 0 bridgehead atoms. The first-order valence-corrected chi connectivity index (χ1v) is 6.42. The smallest absolute Gasteiger partial charge is 0.117 e. The monoisotopic (exact) mass is 243 g/mol. The molecular weight excluding hydrogens is 222 g/mol. The molecule has 18 heavy (non-hydrogen) atoms. The van der Waals surface area contributed by atoms with Crippen molar-refractivity contribution in [2.75, 3.05) is 0 Å². The molecule has 1 atom stereocenters. The van der Waals surface area contributed by atoms with Crippen LogP contribution < -0.4 is 5.32 Å². The van der Waals surface area contributed by atoms with Crippen molar-refractivity contribution in [3.8, 4) is 0 Å². The first-order chi connectivity index (χ1) is 8.56. The number of hydrogen-bond donors (Lipinski definition) is 1. The van der Waals surface area contributed by atoms with E-state index in [9.17, 15) is 0 Å². The molecule has 1 aromatic heterocycles. The van der Waals surface area contributed by atoms with E-state index >= 15 is 0 Å². The zero-order valence-corrected chi connectivity index (χ0v) is 11.6. The van der Waals surface area contributed by atoms with E-state index in [1.807, 2.05) is 19.1 Å². The van der Waals surface area contributed by atoms with Crippen LogP contribution in [-0.4, -0.2) is 0 Å². The molecule has 2 heteroatoms. The van der Waals surface area contributed by atoms with Crippen molar-refractivity contribution in [1.29, 1.82) is 0 Å². The second-order valence-electron chi connectivity index (χ2n) is 4.96. The lowest BCUT2D eigenvalue weighted by Gasteiger charge is -2.14. The maximum absolute atomic E-state index is 5.55. The molecule has 1 N–H and O–H groups in total. The molecule has 0 saturated carbocycles. The largest absolute Gasteiger partial charge is 0.465 e. The number of nitrogens with one attached hydrogen (secondary N) is 1. The van der Waals surface area contributed by atoms with Crippen molar-refractivity contribution < 1.29 is 4.42 Å². The summed E-state index contributed by atoms with van der Waals surface area (Å²) in [6.07, 6.45) is 0. The predicted octanol–water partition coefficient (Wildman–Crippen LogP) is 4.06. The van der Waals surface area contributed by atoms with E-state index in [2.05, 4.69) is 44.3 Å². The van der Waals surface area contributed by atoms with Crippen LogP contribution in [0.5, 0.6) is 0 Å². The Morgan fingerprint density at radius 2 is 1.83 bits per heavy atom. The molecule has 1 unspecified atom stereocenters.